The highest BCUT2D eigenvalue weighted by atomic mass is 32.1. The number of hydrogen-bond acceptors (Lipinski definition) is 5. The van der Waals surface area contributed by atoms with Crippen molar-refractivity contribution >= 4 is 39.2 Å². The van der Waals surface area contributed by atoms with Crippen LogP contribution < -0.4 is 4.74 Å². The predicted molar refractivity (Wildman–Crippen MR) is 69.6 cm³/mol. The molecule has 0 aliphatic carbocycles. The molecule has 0 aliphatic rings. The lowest BCUT2D eigenvalue weighted by molar-refractivity contribution is -0.120. The van der Waals surface area contributed by atoms with E-state index in [4.69, 9.17) is 4.74 Å². The molecule has 0 radical (unpaired) electrons. The molecule has 1 aromatic carbocycles. The van der Waals surface area contributed by atoms with E-state index in [-0.39, 0.29) is 0 Å². The highest BCUT2D eigenvalue weighted by molar-refractivity contribution is 7.22. The van der Waals surface area contributed by atoms with Crippen LogP contribution in [-0.4, -0.2) is 11.5 Å². The summed E-state index contributed by atoms with van der Waals surface area (Å²) in [5.74, 6) is 0. The number of thiazole rings is 1. The number of ether oxygens (including phenoxy) is 1. The number of carbonyl (C=O) groups excluding carboxylic acids is 1. The van der Waals surface area contributed by atoms with Crippen LogP contribution >= 0.6 is 22.7 Å². The molecule has 0 unspecified atom stereocenters. The second-order valence-corrected chi connectivity index (χ2v) is 5.25. The maximum atomic E-state index is 10.3. The number of hydrogen-bond donors (Lipinski definition) is 0. The summed E-state index contributed by atoms with van der Waals surface area (Å²) in [5.41, 5.74) is 1.09. The van der Waals surface area contributed by atoms with Crippen molar-refractivity contribution in [3.05, 3.63) is 35.8 Å². The first-order valence-corrected chi connectivity index (χ1v) is 6.61. The van der Waals surface area contributed by atoms with Crippen molar-refractivity contribution in [3.63, 3.8) is 0 Å². The third kappa shape index (κ3) is 1.83. The summed E-state index contributed by atoms with van der Waals surface area (Å²) in [6.45, 7) is 0.452. The van der Waals surface area contributed by atoms with Gasteiger partial charge in [-0.3, -0.25) is 4.79 Å². The number of thiophene rings is 1. The van der Waals surface area contributed by atoms with Crippen molar-refractivity contribution in [1.29, 1.82) is 0 Å². The lowest BCUT2D eigenvalue weighted by Crippen LogP contribution is -1.82. The number of benzene rings is 1. The Bertz CT molecular complexity index is 658. The van der Waals surface area contributed by atoms with Gasteiger partial charge in [-0.05, 0) is 5.39 Å². The first kappa shape index (κ1) is 10.4. The number of fused-ring (bicyclic) bond motifs is 1. The Morgan fingerprint density at radius 1 is 1.35 bits per heavy atom. The fourth-order valence-electron chi connectivity index (χ4n) is 1.67. The highest BCUT2D eigenvalue weighted by Crippen LogP contribution is 2.38. The standard InChI is InChI=1S/C12H7NO2S2/c14-7-15-10-6-8-2-1-3-9(11(8)17-10)12-13-4-5-16-12/h1-7H. The van der Waals surface area contributed by atoms with Crippen molar-refractivity contribution in [2.24, 2.45) is 0 Å². The van der Waals surface area contributed by atoms with E-state index in [0.717, 1.165) is 20.7 Å². The Hall–Kier alpha value is -1.72. The average molecular weight is 261 g/mol. The fraction of sp³-hybridized carbons (Fsp3) is 0. The summed E-state index contributed by atoms with van der Waals surface area (Å²) in [7, 11) is 0. The Balaban J connectivity index is 2.21. The lowest BCUT2D eigenvalue weighted by atomic mass is 10.2. The van der Waals surface area contributed by atoms with Gasteiger partial charge in [-0.2, -0.15) is 0 Å². The predicted octanol–water partition coefficient (Wildman–Crippen LogP) is 3.56. The molecule has 0 bridgehead atoms. The maximum absolute atomic E-state index is 10.3. The zero-order chi connectivity index (χ0) is 11.7. The molecule has 84 valence electrons. The summed E-state index contributed by atoms with van der Waals surface area (Å²) < 4.78 is 5.98. The van der Waals surface area contributed by atoms with Crippen LogP contribution in [-0.2, 0) is 4.79 Å². The average Bonchev–Trinajstić information content (AvgIpc) is 2.97. The molecule has 5 heteroatoms. The van der Waals surface area contributed by atoms with Gasteiger partial charge in [-0.1, -0.05) is 29.5 Å². The van der Waals surface area contributed by atoms with E-state index in [1.54, 1.807) is 17.5 Å². The largest absolute Gasteiger partial charge is 0.418 e. The van der Waals surface area contributed by atoms with E-state index < -0.39 is 0 Å². The van der Waals surface area contributed by atoms with Crippen LogP contribution in [0, 0.1) is 0 Å². The van der Waals surface area contributed by atoms with E-state index in [0.29, 0.717) is 11.5 Å². The Labute approximate surface area is 105 Å². The van der Waals surface area contributed by atoms with Gasteiger partial charge in [0.15, 0.2) is 5.06 Å². The van der Waals surface area contributed by atoms with Gasteiger partial charge in [0.05, 0.1) is 0 Å². The summed E-state index contributed by atoms with van der Waals surface area (Å²) in [4.78, 5) is 14.6. The Morgan fingerprint density at radius 2 is 2.29 bits per heavy atom. The molecule has 2 heterocycles. The minimum atomic E-state index is 0.452. The highest BCUT2D eigenvalue weighted by Gasteiger charge is 2.10. The van der Waals surface area contributed by atoms with Gasteiger partial charge in [-0.25, -0.2) is 4.98 Å². The van der Waals surface area contributed by atoms with Crippen molar-refractivity contribution in [1.82, 2.24) is 4.98 Å². The van der Waals surface area contributed by atoms with Crippen molar-refractivity contribution < 1.29 is 9.53 Å². The van der Waals surface area contributed by atoms with Gasteiger partial charge in [0.1, 0.15) is 5.01 Å². The topological polar surface area (TPSA) is 39.2 Å². The van der Waals surface area contributed by atoms with E-state index in [9.17, 15) is 4.79 Å². The molecule has 0 saturated heterocycles. The molecule has 0 atom stereocenters. The van der Waals surface area contributed by atoms with Gasteiger partial charge < -0.3 is 4.74 Å². The van der Waals surface area contributed by atoms with Gasteiger partial charge in [0, 0.05) is 27.9 Å². The van der Waals surface area contributed by atoms with Gasteiger partial charge in [0.2, 0.25) is 0 Å². The van der Waals surface area contributed by atoms with Crippen LogP contribution in [0.25, 0.3) is 20.7 Å². The number of nitrogens with zero attached hydrogens (tertiary/aromatic N) is 1. The Kier molecular flexibility index (Phi) is 2.62. The number of rotatable bonds is 3. The van der Waals surface area contributed by atoms with Crippen LogP contribution in [0.5, 0.6) is 5.06 Å². The van der Waals surface area contributed by atoms with E-state index in [2.05, 4.69) is 4.98 Å². The number of aromatic nitrogens is 1. The van der Waals surface area contributed by atoms with Crippen LogP contribution in [0.15, 0.2) is 35.8 Å². The molecule has 0 N–H and O–H groups in total. The summed E-state index contributed by atoms with van der Waals surface area (Å²) in [6, 6.07) is 7.88. The van der Waals surface area contributed by atoms with Gasteiger partial charge in [0.25, 0.3) is 6.47 Å². The SMILES string of the molecule is O=COc1cc2cccc(-c3nccs3)c2s1. The fourth-order valence-corrected chi connectivity index (χ4v) is 3.40. The molecule has 2 aromatic heterocycles. The molecule has 0 aliphatic heterocycles. The lowest BCUT2D eigenvalue weighted by Gasteiger charge is -1.97. The molecule has 3 rings (SSSR count). The van der Waals surface area contributed by atoms with Crippen LogP contribution in [0.1, 0.15) is 0 Å². The maximum Gasteiger partial charge on any atom is 0.299 e. The van der Waals surface area contributed by atoms with Crippen molar-refractivity contribution in [3.8, 4) is 15.6 Å². The molecule has 0 saturated carbocycles. The van der Waals surface area contributed by atoms with Gasteiger partial charge >= 0.3 is 0 Å². The molecule has 3 aromatic rings. The van der Waals surface area contributed by atoms with Crippen molar-refractivity contribution in [2.75, 3.05) is 0 Å². The van der Waals surface area contributed by atoms with Crippen LogP contribution in [0.2, 0.25) is 0 Å². The van der Waals surface area contributed by atoms with E-state index in [1.165, 1.54) is 11.3 Å². The quantitative estimate of drug-likeness (QED) is 0.677. The second-order valence-electron chi connectivity index (χ2n) is 3.34. The summed E-state index contributed by atoms with van der Waals surface area (Å²) in [5, 5.41) is 4.61. The molecular weight excluding hydrogens is 254 g/mol. The first-order valence-electron chi connectivity index (χ1n) is 4.91. The third-order valence-electron chi connectivity index (χ3n) is 2.35. The van der Waals surface area contributed by atoms with Crippen LogP contribution in [0.4, 0.5) is 0 Å². The summed E-state index contributed by atoms with van der Waals surface area (Å²) >= 11 is 3.06. The van der Waals surface area contributed by atoms with Crippen LogP contribution in [0.3, 0.4) is 0 Å². The second kappa shape index (κ2) is 4.27. The molecule has 3 nitrogen and oxygen atoms in total. The molecular formula is C12H7NO2S2. The molecule has 0 amide bonds. The smallest absolute Gasteiger partial charge is 0.299 e. The Morgan fingerprint density at radius 3 is 3.06 bits per heavy atom. The molecule has 0 fully saturated rings. The first-order chi connectivity index (χ1) is 8.38. The van der Waals surface area contributed by atoms with E-state index >= 15 is 0 Å². The third-order valence-corrected chi connectivity index (χ3v) is 4.23. The van der Waals surface area contributed by atoms with Gasteiger partial charge in [-0.15, -0.1) is 11.3 Å². The molecule has 17 heavy (non-hydrogen) atoms. The van der Waals surface area contributed by atoms with Crippen molar-refractivity contribution in [2.45, 2.75) is 0 Å². The van der Waals surface area contributed by atoms with E-state index in [1.807, 2.05) is 29.6 Å². The zero-order valence-electron chi connectivity index (χ0n) is 8.62. The minimum Gasteiger partial charge on any atom is -0.418 e. The summed E-state index contributed by atoms with van der Waals surface area (Å²) in [6.07, 6.45) is 1.79. The molecule has 0 spiro atoms. The number of carbonyl (C=O) groups is 1. The monoisotopic (exact) mass is 261 g/mol. The normalized spacial score (nSPS) is 10.6. The minimum absolute atomic E-state index is 0.452. The zero-order valence-corrected chi connectivity index (χ0v) is 10.3.